The zero-order valence-electron chi connectivity index (χ0n) is 12.5. The summed E-state index contributed by atoms with van der Waals surface area (Å²) in [5.41, 5.74) is 0. The molecule has 0 aromatic carbocycles. The third-order valence-electron chi connectivity index (χ3n) is 3.62. The molecule has 0 unspecified atom stereocenters. The summed E-state index contributed by atoms with van der Waals surface area (Å²) in [6, 6.07) is 3.84. The molecule has 0 saturated carbocycles. The minimum Gasteiger partial charge on any atom is -0.378 e. The van der Waals surface area contributed by atoms with Crippen LogP contribution in [0.5, 0.6) is 0 Å². The highest BCUT2D eigenvalue weighted by Crippen LogP contribution is 2.26. The van der Waals surface area contributed by atoms with Crippen LogP contribution in [0.25, 0.3) is 10.7 Å². The fraction of sp³-hybridized carbons (Fsp3) is 0.429. The number of morpholine rings is 1. The van der Waals surface area contributed by atoms with E-state index in [0.717, 1.165) is 11.4 Å². The Labute approximate surface area is 136 Å². The molecular weight excluding hydrogens is 318 g/mol. The molecule has 4 rings (SSSR count). The average molecular weight is 333 g/mol. The lowest BCUT2D eigenvalue weighted by atomic mass is 10.2. The minimum atomic E-state index is -0.0953. The second-order valence-electron chi connectivity index (χ2n) is 5.23. The Bertz CT molecular complexity index is 769. The first kappa shape index (κ1) is 14.5. The van der Waals surface area contributed by atoms with Crippen molar-refractivity contribution >= 4 is 11.3 Å². The van der Waals surface area contributed by atoms with Gasteiger partial charge < -0.3 is 13.8 Å². The van der Waals surface area contributed by atoms with Crippen LogP contribution >= 0.6 is 11.3 Å². The number of ether oxygens (including phenoxy) is 1. The molecule has 4 heterocycles. The number of aromatic nitrogens is 4. The smallest absolute Gasteiger partial charge is 0.246 e. The zero-order valence-corrected chi connectivity index (χ0v) is 13.3. The Morgan fingerprint density at radius 1 is 1.30 bits per heavy atom. The quantitative estimate of drug-likeness (QED) is 0.716. The third kappa shape index (κ3) is 3.03. The predicted molar refractivity (Wildman–Crippen MR) is 80.6 cm³/mol. The van der Waals surface area contributed by atoms with E-state index >= 15 is 0 Å². The molecule has 0 radical (unpaired) electrons. The van der Waals surface area contributed by atoms with E-state index in [-0.39, 0.29) is 6.04 Å². The van der Waals surface area contributed by atoms with Gasteiger partial charge in [0.25, 0.3) is 0 Å². The van der Waals surface area contributed by atoms with E-state index in [1.807, 2.05) is 17.5 Å². The monoisotopic (exact) mass is 333 g/mol. The molecule has 23 heavy (non-hydrogen) atoms. The van der Waals surface area contributed by atoms with Crippen molar-refractivity contribution in [2.45, 2.75) is 19.5 Å². The number of thiophene rings is 1. The largest absolute Gasteiger partial charge is 0.378 e. The Kier molecular flexibility index (Phi) is 3.90. The summed E-state index contributed by atoms with van der Waals surface area (Å²) >= 11 is 1.58. The van der Waals surface area contributed by atoms with Crippen molar-refractivity contribution in [1.29, 1.82) is 0 Å². The normalized spacial score (nSPS) is 19.3. The van der Waals surface area contributed by atoms with Crippen molar-refractivity contribution in [3.8, 4) is 10.7 Å². The molecule has 0 bridgehead atoms. The van der Waals surface area contributed by atoms with Gasteiger partial charge in [-0.05, 0) is 18.4 Å². The zero-order chi connectivity index (χ0) is 15.6. The van der Waals surface area contributed by atoms with E-state index in [0.29, 0.717) is 43.2 Å². The van der Waals surface area contributed by atoms with Gasteiger partial charge in [0.15, 0.2) is 5.82 Å². The van der Waals surface area contributed by atoms with Crippen molar-refractivity contribution in [3.05, 3.63) is 35.1 Å². The average Bonchev–Trinajstić information content (AvgIpc) is 3.28. The SMILES string of the molecule is Cc1noc([C@H]2COCCN2Cc2nc(-c3cccs3)no2)n1. The van der Waals surface area contributed by atoms with Gasteiger partial charge in [0, 0.05) is 6.54 Å². The van der Waals surface area contributed by atoms with Crippen LogP contribution in [-0.4, -0.2) is 44.9 Å². The molecule has 9 heteroatoms. The van der Waals surface area contributed by atoms with Crippen LogP contribution < -0.4 is 0 Å². The summed E-state index contributed by atoms with van der Waals surface area (Å²) in [6.45, 7) is 4.21. The topological polar surface area (TPSA) is 90.3 Å². The molecule has 3 aromatic rings. The van der Waals surface area contributed by atoms with Gasteiger partial charge in [0.1, 0.15) is 6.04 Å². The van der Waals surface area contributed by atoms with Crippen LogP contribution in [0.4, 0.5) is 0 Å². The molecule has 1 aliphatic rings. The number of hydrogen-bond acceptors (Lipinski definition) is 9. The van der Waals surface area contributed by atoms with Crippen LogP contribution in [0.2, 0.25) is 0 Å². The van der Waals surface area contributed by atoms with E-state index in [2.05, 4.69) is 25.2 Å². The standard InChI is InChI=1S/C14H15N5O3S/c1-9-15-14(22-17-9)10-8-20-5-4-19(10)7-12-16-13(18-21-12)11-3-2-6-23-11/h2-3,6,10H,4-5,7-8H2,1H3/t10-/m1/s1. The second-order valence-corrected chi connectivity index (χ2v) is 6.18. The Balaban J connectivity index is 1.52. The molecule has 1 aliphatic heterocycles. The molecule has 0 spiro atoms. The number of aryl methyl sites for hydroxylation is 1. The second kappa shape index (κ2) is 6.19. The highest BCUT2D eigenvalue weighted by Gasteiger charge is 2.30. The molecule has 0 aliphatic carbocycles. The van der Waals surface area contributed by atoms with Crippen LogP contribution in [0.3, 0.4) is 0 Å². The Morgan fingerprint density at radius 2 is 2.26 bits per heavy atom. The predicted octanol–water partition coefficient (Wildman–Crippen LogP) is 2.06. The maximum Gasteiger partial charge on any atom is 0.246 e. The molecule has 3 aromatic heterocycles. The van der Waals surface area contributed by atoms with E-state index in [9.17, 15) is 0 Å². The van der Waals surface area contributed by atoms with Crippen LogP contribution in [0.1, 0.15) is 23.6 Å². The molecular formula is C14H15N5O3S. The molecule has 1 fully saturated rings. The summed E-state index contributed by atoms with van der Waals surface area (Å²) in [5.74, 6) is 2.36. The minimum absolute atomic E-state index is 0.0953. The van der Waals surface area contributed by atoms with Crippen molar-refractivity contribution in [3.63, 3.8) is 0 Å². The summed E-state index contributed by atoms with van der Waals surface area (Å²) in [6.07, 6.45) is 0. The first-order chi connectivity index (χ1) is 11.3. The van der Waals surface area contributed by atoms with Crippen LogP contribution in [0, 0.1) is 6.92 Å². The fourth-order valence-electron chi connectivity index (χ4n) is 2.50. The van der Waals surface area contributed by atoms with Crippen molar-refractivity contribution in [2.24, 2.45) is 0 Å². The van der Waals surface area contributed by atoms with Gasteiger partial charge in [-0.15, -0.1) is 11.3 Å². The summed E-state index contributed by atoms with van der Waals surface area (Å²) < 4.78 is 16.2. The lowest BCUT2D eigenvalue weighted by Crippen LogP contribution is -2.39. The molecule has 8 nitrogen and oxygen atoms in total. The highest BCUT2D eigenvalue weighted by atomic mass is 32.1. The lowest BCUT2D eigenvalue weighted by Gasteiger charge is -2.31. The molecule has 1 saturated heterocycles. The van der Waals surface area contributed by atoms with Crippen LogP contribution in [-0.2, 0) is 11.3 Å². The van der Waals surface area contributed by atoms with E-state index in [1.165, 1.54) is 0 Å². The summed E-state index contributed by atoms with van der Waals surface area (Å²) in [4.78, 5) is 11.9. The third-order valence-corrected chi connectivity index (χ3v) is 4.48. The first-order valence-corrected chi connectivity index (χ1v) is 8.16. The van der Waals surface area contributed by atoms with Crippen molar-refractivity contribution in [2.75, 3.05) is 19.8 Å². The van der Waals surface area contributed by atoms with E-state index < -0.39 is 0 Å². The van der Waals surface area contributed by atoms with Gasteiger partial charge in [-0.25, -0.2) is 0 Å². The highest BCUT2D eigenvalue weighted by molar-refractivity contribution is 7.13. The maximum atomic E-state index is 5.54. The lowest BCUT2D eigenvalue weighted by molar-refractivity contribution is -0.0279. The number of rotatable bonds is 4. The Hall–Kier alpha value is -2.10. The maximum absolute atomic E-state index is 5.54. The number of nitrogens with zero attached hydrogens (tertiary/aromatic N) is 5. The van der Waals surface area contributed by atoms with Gasteiger partial charge in [-0.2, -0.15) is 9.97 Å². The van der Waals surface area contributed by atoms with Gasteiger partial charge in [0.05, 0.1) is 24.6 Å². The van der Waals surface area contributed by atoms with Gasteiger partial charge >= 0.3 is 0 Å². The number of hydrogen-bond donors (Lipinski definition) is 0. The summed E-state index contributed by atoms with van der Waals surface area (Å²) in [7, 11) is 0. The van der Waals surface area contributed by atoms with Gasteiger partial charge in [-0.3, -0.25) is 4.90 Å². The molecule has 1 atom stereocenters. The first-order valence-electron chi connectivity index (χ1n) is 7.28. The van der Waals surface area contributed by atoms with Crippen molar-refractivity contribution in [1.82, 2.24) is 25.2 Å². The van der Waals surface area contributed by atoms with E-state index in [1.54, 1.807) is 18.3 Å². The summed E-state index contributed by atoms with van der Waals surface area (Å²) in [5, 5.41) is 9.88. The van der Waals surface area contributed by atoms with Crippen LogP contribution in [0.15, 0.2) is 26.6 Å². The molecule has 0 amide bonds. The Morgan fingerprint density at radius 3 is 3.04 bits per heavy atom. The van der Waals surface area contributed by atoms with E-state index in [4.69, 9.17) is 13.8 Å². The van der Waals surface area contributed by atoms with Gasteiger partial charge in [-0.1, -0.05) is 16.4 Å². The fourth-order valence-corrected chi connectivity index (χ4v) is 3.15. The van der Waals surface area contributed by atoms with Crippen molar-refractivity contribution < 1.29 is 13.8 Å². The molecule has 120 valence electrons. The molecule has 0 N–H and O–H groups in total. The van der Waals surface area contributed by atoms with Gasteiger partial charge in [0.2, 0.25) is 17.6 Å².